The second-order valence-corrected chi connectivity index (χ2v) is 1.10. The first-order valence-electron chi connectivity index (χ1n) is 0.658. The van der Waals surface area contributed by atoms with Crippen molar-refractivity contribution < 1.29 is 0 Å². The minimum absolute atomic E-state index is 0. The van der Waals surface area contributed by atoms with Gasteiger partial charge in [0.15, 0.2) is 0 Å². The Labute approximate surface area is 66.0 Å². The SMILES string of the molecule is [N-]=[N+]=[N][PbH].[PbH2]. The minimum atomic E-state index is 0. The Bertz CT molecular complexity index is 42.9. The molecule has 0 N–H and O–H groups in total. The van der Waals surface area contributed by atoms with E-state index >= 15 is 0 Å². The molecule has 0 aliphatic carbocycles. The summed E-state index contributed by atoms with van der Waals surface area (Å²) in [6, 6.07) is 0. The molecule has 0 fully saturated rings. The molecular weight excluding hydrogens is 456 g/mol. The predicted molar refractivity (Wildman–Crippen MR) is 24.8 cm³/mol. The van der Waals surface area contributed by atoms with Gasteiger partial charge in [-0.05, 0) is 0 Å². The summed E-state index contributed by atoms with van der Waals surface area (Å²) in [5.74, 6) is 0. The second-order valence-electron chi connectivity index (χ2n) is 0.205. The Morgan fingerprint density at radius 2 is 2.00 bits per heavy atom. The second kappa shape index (κ2) is 8.94. The van der Waals surface area contributed by atoms with Gasteiger partial charge in [-0.1, -0.05) is 0 Å². The van der Waals surface area contributed by atoms with Gasteiger partial charge in [-0.25, -0.2) is 0 Å². The molecule has 3 nitrogen and oxygen atoms in total. The average Bonchev–Trinajstić information content (AvgIpc) is 1.37. The van der Waals surface area contributed by atoms with Crippen LogP contribution in [0.1, 0.15) is 0 Å². The van der Waals surface area contributed by atoms with E-state index in [1.165, 1.54) is 0 Å². The summed E-state index contributed by atoms with van der Waals surface area (Å²) < 4.78 is 3.08. The van der Waals surface area contributed by atoms with Crippen LogP contribution in [0.2, 0.25) is 0 Å². The van der Waals surface area contributed by atoms with Gasteiger partial charge in [0.25, 0.3) is 0 Å². The first kappa shape index (κ1) is 9.47. The van der Waals surface area contributed by atoms with Gasteiger partial charge in [0.1, 0.15) is 0 Å². The molecule has 0 aromatic rings. The van der Waals surface area contributed by atoms with Crippen molar-refractivity contribution in [1.82, 2.24) is 0 Å². The van der Waals surface area contributed by atoms with Crippen LogP contribution in [0.5, 0.6) is 0 Å². The number of nitrogens with zero attached hydrogens (tertiary/aromatic N) is 3. The van der Waals surface area contributed by atoms with Crippen molar-refractivity contribution in [2.45, 2.75) is 0 Å². The number of hydrogen-bond donors (Lipinski definition) is 0. The Hall–Kier alpha value is 1.15. The molecule has 4 radical (unpaired) electrons. The number of azide groups is 1. The average molecular weight is 459 g/mol. The van der Waals surface area contributed by atoms with Gasteiger partial charge in [-0.15, -0.1) is 0 Å². The zero-order valence-electron chi connectivity index (χ0n) is 2.63. The van der Waals surface area contributed by atoms with E-state index in [-0.39, 0.29) is 27.3 Å². The molecule has 0 aromatic carbocycles. The molecule has 26 valence electrons. The molecule has 0 aromatic heterocycles. The Balaban J connectivity index is 0. The molecule has 0 spiro atoms. The predicted octanol–water partition coefficient (Wildman–Crippen LogP) is -0.804. The van der Waals surface area contributed by atoms with Crippen molar-refractivity contribution in [3.05, 3.63) is 10.4 Å². The molecule has 5 heavy (non-hydrogen) atoms. The van der Waals surface area contributed by atoms with E-state index in [2.05, 4.69) is 7.84 Å². The van der Waals surface area contributed by atoms with Gasteiger partial charge in [0.2, 0.25) is 0 Å². The van der Waals surface area contributed by atoms with E-state index in [0.717, 1.165) is 0 Å². The first-order chi connectivity index (χ1) is 1.91. The maximum atomic E-state index is 7.38. The van der Waals surface area contributed by atoms with Crippen LogP contribution in [0.25, 0.3) is 10.4 Å². The van der Waals surface area contributed by atoms with E-state index in [0.29, 0.717) is 26.1 Å². The van der Waals surface area contributed by atoms with Crippen LogP contribution in [0.15, 0.2) is 2.92 Å². The van der Waals surface area contributed by atoms with Crippen LogP contribution in [0, 0.1) is 0 Å². The van der Waals surface area contributed by atoms with Crippen LogP contribution in [0.4, 0.5) is 0 Å². The van der Waals surface area contributed by atoms with Gasteiger partial charge in [0.05, 0.1) is 0 Å². The summed E-state index contributed by atoms with van der Waals surface area (Å²) in [5, 5.41) is 0. The monoisotopic (exact) mass is 461 g/mol. The third-order valence-corrected chi connectivity index (χ3v) is 0.453. The summed E-state index contributed by atoms with van der Waals surface area (Å²) >= 11 is 0.440. The molecule has 0 aliphatic heterocycles. The molecule has 0 amide bonds. The summed E-state index contributed by atoms with van der Waals surface area (Å²) in [5.41, 5.74) is 7.38. The zero-order valence-corrected chi connectivity index (χ0v) is 12.6. The van der Waals surface area contributed by atoms with Gasteiger partial charge >= 0.3 is 66.7 Å². The quantitative estimate of drug-likeness (QED) is 0.197. The van der Waals surface area contributed by atoms with Crippen molar-refractivity contribution in [2.75, 3.05) is 0 Å². The number of rotatable bonds is 0. The molecule has 0 aliphatic rings. The van der Waals surface area contributed by atoms with Gasteiger partial charge in [-0.3, -0.25) is 0 Å². The standard InChI is InChI=1S/N3.2Pb.3H/c1-3-2;;;;;/q-1;;+1;;;. The van der Waals surface area contributed by atoms with E-state index in [1.807, 2.05) is 0 Å². The van der Waals surface area contributed by atoms with Crippen molar-refractivity contribution >= 4 is 53.4 Å². The van der Waals surface area contributed by atoms with E-state index in [1.54, 1.807) is 0 Å². The third-order valence-electron chi connectivity index (χ3n) is 0.0516. The number of hydrogen-bond acceptors (Lipinski definition) is 1. The van der Waals surface area contributed by atoms with E-state index in [4.69, 9.17) is 5.53 Å². The molecule has 5 heteroatoms. The van der Waals surface area contributed by atoms with Crippen LogP contribution in [-0.4, -0.2) is 53.4 Å². The molecule has 0 heterocycles. The van der Waals surface area contributed by atoms with Crippen molar-refractivity contribution in [1.29, 1.82) is 0 Å². The van der Waals surface area contributed by atoms with Gasteiger partial charge in [0, 0.05) is 0 Å². The molecule has 0 saturated carbocycles. The molecule has 0 rings (SSSR count). The Morgan fingerprint density at radius 1 is 1.80 bits per heavy atom. The van der Waals surface area contributed by atoms with E-state index in [9.17, 15) is 0 Å². The summed E-state index contributed by atoms with van der Waals surface area (Å²) in [7, 11) is 0. The summed E-state index contributed by atoms with van der Waals surface area (Å²) in [6.07, 6.45) is 0. The summed E-state index contributed by atoms with van der Waals surface area (Å²) in [4.78, 5) is 2.44. The summed E-state index contributed by atoms with van der Waals surface area (Å²) in [6.45, 7) is 0. The zero-order chi connectivity index (χ0) is 3.41. The van der Waals surface area contributed by atoms with Crippen LogP contribution in [0.3, 0.4) is 0 Å². The van der Waals surface area contributed by atoms with Crippen molar-refractivity contribution in [2.24, 2.45) is 2.92 Å². The fourth-order valence-corrected chi connectivity index (χ4v) is 0. The topological polar surface area (TPSA) is 48.8 Å². The molecular formula is H3N3Pb2. The molecule has 0 atom stereocenters. The van der Waals surface area contributed by atoms with E-state index < -0.39 is 0 Å². The molecule has 0 saturated heterocycles. The molecule has 0 bridgehead atoms. The Morgan fingerprint density at radius 3 is 2.00 bits per heavy atom. The fraction of sp³-hybridized carbons (Fsp3) is 0. The molecule has 0 unspecified atom stereocenters. The maximum absolute atomic E-state index is 7.38. The first-order valence-corrected chi connectivity index (χ1v) is 2.67. The Kier molecular flexibility index (Phi) is 16.9. The van der Waals surface area contributed by atoms with Crippen LogP contribution < -0.4 is 0 Å². The van der Waals surface area contributed by atoms with Crippen molar-refractivity contribution in [3.8, 4) is 0 Å². The van der Waals surface area contributed by atoms with Crippen LogP contribution >= 0.6 is 0 Å². The van der Waals surface area contributed by atoms with Crippen LogP contribution in [-0.2, 0) is 0 Å². The fourth-order valence-electron chi connectivity index (χ4n) is 0. The van der Waals surface area contributed by atoms with Gasteiger partial charge < -0.3 is 0 Å². The van der Waals surface area contributed by atoms with Crippen molar-refractivity contribution in [3.63, 3.8) is 0 Å². The normalized spacial score (nSPS) is 3.40. The van der Waals surface area contributed by atoms with Gasteiger partial charge in [-0.2, -0.15) is 0 Å². The third kappa shape index (κ3) is 11.1.